The van der Waals surface area contributed by atoms with Gasteiger partial charge in [0.05, 0.1) is 16.9 Å². The summed E-state index contributed by atoms with van der Waals surface area (Å²) >= 11 is 9.61. The Balaban J connectivity index is 2.13. The lowest BCUT2D eigenvalue weighted by atomic mass is 10.2. The standard InChI is InChI=1S/C13H15BrClN3/c1-16-6-2-3-13-17-8-12(18-13)10-5-4-9(14)7-11(10)15/h4-5,7-8,16H,2-3,6H2,1H3,(H,17,18). The van der Waals surface area contributed by atoms with Crippen LogP contribution in [0.1, 0.15) is 12.2 Å². The first-order valence-corrected chi connectivity index (χ1v) is 7.01. The molecule has 0 aliphatic rings. The zero-order chi connectivity index (χ0) is 13.0. The van der Waals surface area contributed by atoms with Crippen LogP contribution < -0.4 is 5.32 Å². The molecule has 3 nitrogen and oxygen atoms in total. The van der Waals surface area contributed by atoms with Crippen molar-refractivity contribution in [3.05, 3.63) is 39.7 Å². The fraction of sp³-hybridized carbons (Fsp3) is 0.308. The molecular weight excluding hydrogens is 314 g/mol. The molecule has 18 heavy (non-hydrogen) atoms. The molecule has 0 bridgehead atoms. The number of nitrogens with zero attached hydrogens (tertiary/aromatic N) is 1. The lowest BCUT2D eigenvalue weighted by Crippen LogP contribution is -2.08. The van der Waals surface area contributed by atoms with Gasteiger partial charge in [0.1, 0.15) is 5.82 Å². The highest BCUT2D eigenvalue weighted by Crippen LogP contribution is 2.29. The van der Waals surface area contributed by atoms with E-state index < -0.39 is 0 Å². The van der Waals surface area contributed by atoms with E-state index in [-0.39, 0.29) is 0 Å². The van der Waals surface area contributed by atoms with Crippen LogP contribution in [0, 0.1) is 0 Å². The molecule has 5 heteroatoms. The molecule has 1 aromatic heterocycles. The average molecular weight is 329 g/mol. The van der Waals surface area contributed by atoms with Gasteiger partial charge in [0, 0.05) is 16.5 Å². The number of aromatic nitrogens is 2. The van der Waals surface area contributed by atoms with Crippen LogP contribution in [0.2, 0.25) is 5.02 Å². The average Bonchev–Trinajstić information content (AvgIpc) is 2.78. The van der Waals surface area contributed by atoms with Gasteiger partial charge in [-0.3, -0.25) is 0 Å². The molecule has 0 fully saturated rings. The second-order valence-corrected chi connectivity index (χ2v) is 5.40. The zero-order valence-electron chi connectivity index (χ0n) is 10.1. The summed E-state index contributed by atoms with van der Waals surface area (Å²) in [5, 5.41) is 3.84. The Morgan fingerprint density at radius 3 is 3.00 bits per heavy atom. The summed E-state index contributed by atoms with van der Waals surface area (Å²) in [5.41, 5.74) is 1.94. The first kappa shape index (κ1) is 13.6. The van der Waals surface area contributed by atoms with Crippen molar-refractivity contribution in [3.8, 4) is 11.3 Å². The molecular formula is C13H15BrClN3. The van der Waals surface area contributed by atoms with Crippen molar-refractivity contribution in [2.24, 2.45) is 0 Å². The molecule has 2 N–H and O–H groups in total. The summed E-state index contributed by atoms with van der Waals surface area (Å²) in [6.45, 7) is 0.995. The first-order chi connectivity index (χ1) is 8.70. The zero-order valence-corrected chi connectivity index (χ0v) is 12.5. The quantitative estimate of drug-likeness (QED) is 0.823. The number of aryl methyl sites for hydroxylation is 1. The van der Waals surface area contributed by atoms with Crippen LogP contribution in [-0.4, -0.2) is 23.6 Å². The maximum Gasteiger partial charge on any atom is 0.106 e. The van der Waals surface area contributed by atoms with Gasteiger partial charge in [0.25, 0.3) is 0 Å². The van der Waals surface area contributed by atoms with Gasteiger partial charge in [-0.05, 0) is 32.1 Å². The van der Waals surface area contributed by atoms with E-state index in [2.05, 4.69) is 31.2 Å². The lowest BCUT2D eigenvalue weighted by molar-refractivity contribution is 0.707. The SMILES string of the molecule is CNCCCc1ncc(-c2ccc(Br)cc2Cl)[nH]1. The molecule has 0 atom stereocenters. The van der Waals surface area contributed by atoms with E-state index in [0.29, 0.717) is 0 Å². The van der Waals surface area contributed by atoms with Crippen LogP contribution >= 0.6 is 27.5 Å². The minimum absolute atomic E-state index is 0.717. The third kappa shape index (κ3) is 3.34. The lowest BCUT2D eigenvalue weighted by Gasteiger charge is -2.02. The first-order valence-electron chi connectivity index (χ1n) is 5.84. The van der Waals surface area contributed by atoms with E-state index in [4.69, 9.17) is 11.6 Å². The number of rotatable bonds is 5. The predicted octanol–water partition coefficient (Wildman–Crippen LogP) is 3.64. The molecule has 1 heterocycles. The number of nitrogens with one attached hydrogen (secondary N) is 2. The van der Waals surface area contributed by atoms with Crippen LogP contribution in [-0.2, 0) is 6.42 Å². The predicted molar refractivity (Wildman–Crippen MR) is 79.0 cm³/mol. The summed E-state index contributed by atoms with van der Waals surface area (Å²) in [7, 11) is 1.95. The molecule has 0 unspecified atom stereocenters. The van der Waals surface area contributed by atoms with E-state index in [9.17, 15) is 0 Å². The van der Waals surface area contributed by atoms with Crippen LogP contribution in [0.3, 0.4) is 0 Å². The van der Waals surface area contributed by atoms with Crippen molar-refractivity contribution in [3.63, 3.8) is 0 Å². The summed E-state index contributed by atoms with van der Waals surface area (Å²) < 4.78 is 0.977. The number of benzene rings is 1. The Bertz CT molecular complexity index is 525. The van der Waals surface area contributed by atoms with Gasteiger partial charge in [-0.1, -0.05) is 33.6 Å². The van der Waals surface area contributed by atoms with E-state index in [1.165, 1.54) is 0 Å². The minimum atomic E-state index is 0.717. The van der Waals surface area contributed by atoms with Crippen molar-refractivity contribution in [2.45, 2.75) is 12.8 Å². The van der Waals surface area contributed by atoms with E-state index in [1.807, 2.05) is 31.4 Å². The van der Waals surface area contributed by atoms with Crippen LogP contribution in [0.4, 0.5) is 0 Å². The molecule has 0 saturated heterocycles. The molecule has 2 rings (SSSR count). The highest BCUT2D eigenvalue weighted by atomic mass is 79.9. The Labute approximate surface area is 120 Å². The second-order valence-electron chi connectivity index (χ2n) is 4.07. The second kappa shape index (κ2) is 6.36. The molecule has 96 valence electrons. The number of hydrogen-bond donors (Lipinski definition) is 2. The Morgan fingerprint density at radius 1 is 1.44 bits per heavy atom. The Hall–Kier alpha value is -0.840. The maximum atomic E-state index is 6.21. The van der Waals surface area contributed by atoms with Crippen LogP contribution in [0.25, 0.3) is 11.3 Å². The number of hydrogen-bond acceptors (Lipinski definition) is 2. The van der Waals surface area contributed by atoms with Crippen molar-refractivity contribution in [2.75, 3.05) is 13.6 Å². The smallest absolute Gasteiger partial charge is 0.106 e. The van der Waals surface area contributed by atoms with Gasteiger partial charge in [-0.25, -0.2) is 4.98 Å². The van der Waals surface area contributed by atoms with Gasteiger partial charge in [0.15, 0.2) is 0 Å². The Kier molecular flexibility index (Phi) is 4.80. The highest BCUT2D eigenvalue weighted by Gasteiger charge is 2.07. The number of H-pyrrole nitrogens is 1. The normalized spacial score (nSPS) is 10.8. The maximum absolute atomic E-state index is 6.21. The van der Waals surface area contributed by atoms with Crippen molar-refractivity contribution in [1.29, 1.82) is 0 Å². The highest BCUT2D eigenvalue weighted by molar-refractivity contribution is 9.10. The summed E-state index contributed by atoms with van der Waals surface area (Å²) in [4.78, 5) is 7.68. The molecule has 0 aliphatic carbocycles. The van der Waals surface area contributed by atoms with Gasteiger partial charge >= 0.3 is 0 Å². The summed E-state index contributed by atoms with van der Waals surface area (Å²) in [5.74, 6) is 0.999. The monoisotopic (exact) mass is 327 g/mol. The molecule has 0 radical (unpaired) electrons. The van der Waals surface area contributed by atoms with Crippen molar-refractivity contribution >= 4 is 27.5 Å². The van der Waals surface area contributed by atoms with Crippen LogP contribution in [0.5, 0.6) is 0 Å². The van der Waals surface area contributed by atoms with Crippen molar-refractivity contribution in [1.82, 2.24) is 15.3 Å². The fourth-order valence-corrected chi connectivity index (χ4v) is 2.54. The number of aromatic amines is 1. The summed E-state index contributed by atoms with van der Waals surface area (Å²) in [6.07, 6.45) is 3.84. The fourth-order valence-electron chi connectivity index (χ4n) is 1.77. The van der Waals surface area contributed by atoms with Crippen molar-refractivity contribution < 1.29 is 0 Å². The minimum Gasteiger partial charge on any atom is -0.342 e. The third-order valence-corrected chi connectivity index (χ3v) is 3.50. The summed E-state index contributed by atoms with van der Waals surface area (Å²) in [6, 6.07) is 5.85. The van der Waals surface area contributed by atoms with Gasteiger partial charge in [-0.2, -0.15) is 0 Å². The molecule has 0 amide bonds. The number of halogens is 2. The number of imidazole rings is 1. The molecule has 0 spiro atoms. The largest absolute Gasteiger partial charge is 0.342 e. The van der Waals surface area contributed by atoms with E-state index in [0.717, 1.165) is 46.0 Å². The Morgan fingerprint density at radius 2 is 2.28 bits per heavy atom. The van der Waals surface area contributed by atoms with Gasteiger partial charge in [-0.15, -0.1) is 0 Å². The molecule has 0 saturated carbocycles. The van der Waals surface area contributed by atoms with Gasteiger partial charge < -0.3 is 10.3 Å². The van der Waals surface area contributed by atoms with Gasteiger partial charge in [0.2, 0.25) is 0 Å². The molecule has 2 aromatic rings. The van der Waals surface area contributed by atoms with E-state index in [1.54, 1.807) is 0 Å². The topological polar surface area (TPSA) is 40.7 Å². The van der Waals surface area contributed by atoms with E-state index >= 15 is 0 Å². The molecule has 0 aliphatic heterocycles. The van der Waals surface area contributed by atoms with Crippen LogP contribution in [0.15, 0.2) is 28.9 Å². The molecule has 1 aromatic carbocycles. The third-order valence-electron chi connectivity index (χ3n) is 2.69.